The van der Waals surface area contributed by atoms with Gasteiger partial charge in [0.2, 0.25) is 0 Å². The van der Waals surface area contributed by atoms with Gasteiger partial charge in [0.25, 0.3) is 5.91 Å². The highest BCUT2D eigenvalue weighted by atomic mass is 79.9. The van der Waals surface area contributed by atoms with Crippen LogP contribution in [0.2, 0.25) is 0 Å². The summed E-state index contributed by atoms with van der Waals surface area (Å²) in [5.41, 5.74) is 4.10. The minimum Gasteiger partial charge on any atom is -0.452 e. The van der Waals surface area contributed by atoms with Crippen LogP contribution in [-0.2, 0) is 16.0 Å². The monoisotopic (exact) mass is 437 g/mol. The molecule has 0 spiro atoms. The zero-order valence-corrected chi connectivity index (χ0v) is 17.0. The summed E-state index contributed by atoms with van der Waals surface area (Å²) in [6.07, 6.45) is 0.622. The lowest BCUT2D eigenvalue weighted by Crippen LogP contribution is -2.21. The number of carbonyl (C=O) groups is 2. The van der Waals surface area contributed by atoms with Gasteiger partial charge in [0.05, 0.1) is 5.56 Å². The largest absolute Gasteiger partial charge is 0.452 e. The van der Waals surface area contributed by atoms with Crippen molar-refractivity contribution < 1.29 is 14.3 Å². The molecule has 0 saturated carbocycles. The van der Waals surface area contributed by atoms with Crippen LogP contribution in [0.25, 0.3) is 0 Å². The lowest BCUT2D eigenvalue weighted by atomic mass is 10.00. The fraction of sp³-hybridized carbons (Fsp3) is 0.130. The highest BCUT2D eigenvalue weighted by Crippen LogP contribution is 2.20. The predicted octanol–water partition coefficient (Wildman–Crippen LogP) is 5.14. The number of halogens is 1. The molecule has 5 heteroatoms. The molecule has 1 N–H and O–H groups in total. The van der Waals surface area contributed by atoms with Crippen molar-refractivity contribution in [1.82, 2.24) is 0 Å². The lowest BCUT2D eigenvalue weighted by molar-refractivity contribution is -0.119. The van der Waals surface area contributed by atoms with Gasteiger partial charge in [0.1, 0.15) is 0 Å². The Morgan fingerprint density at radius 2 is 1.68 bits per heavy atom. The van der Waals surface area contributed by atoms with Crippen LogP contribution < -0.4 is 5.32 Å². The zero-order valence-electron chi connectivity index (χ0n) is 15.4. The van der Waals surface area contributed by atoms with E-state index in [1.54, 1.807) is 18.2 Å². The Kier molecular flexibility index (Phi) is 6.61. The summed E-state index contributed by atoms with van der Waals surface area (Å²) in [5.74, 6) is -0.885. The molecule has 0 heterocycles. The molecular formula is C23H20BrNO3. The van der Waals surface area contributed by atoms with Crippen molar-refractivity contribution in [3.63, 3.8) is 0 Å². The van der Waals surface area contributed by atoms with Crippen LogP contribution >= 0.6 is 15.9 Å². The Morgan fingerprint density at radius 3 is 2.43 bits per heavy atom. The van der Waals surface area contributed by atoms with Crippen LogP contribution in [-0.4, -0.2) is 18.5 Å². The number of esters is 1. The van der Waals surface area contributed by atoms with Gasteiger partial charge >= 0.3 is 5.97 Å². The van der Waals surface area contributed by atoms with Crippen LogP contribution in [0.15, 0.2) is 77.3 Å². The molecule has 1 amide bonds. The Morgan fingerprint density at radius 1 is 0.964 bits per heavy atom. The average molecular weight is 438 g/mol. The van der Waals surface area contributed by atoms with Crippen LogP contribution in [0.3, 0.4) is 0 Å². The van der Waals surface area contributed by atoms with E-state index in [2.05, 4.69) is 21.2 Å². The SMILES string of the molecule is Cc1cc(NC(=O)COC(=O)c2ccccc2Cc2ccccc2)ccc1Br. The maximum Gasteiger partial charge on any atom is 0.338 e. The third-order valence-corrected chi connectivity index (χ3v) is 5.14. The Hall–Kier alpha value is -2.92. The molecule has 0 bridgehead atoms. The molecule has 0 aliphatic carbocycles. The Balaban J connectivity index is 1.61. The Bertz CT molecular complexity index is 986. The first kappa shape index (κ1) is 19.8. The summed E-state index contributed by atoms with van der Waals surface area (Å²) in [6, 6.07) is 22.7. The maximum atomic E-state index is 12.5. The van der Waals surface area contributed by atoms with E-state index >= 15 is 0 Å². The van der Waals surface area contributed by atoms with E-state index in [9.17, 15) is 9.59 Å². The molecule has 3 aromatic rings. The molecule has 0 aliphatic rings. The number of hydrogen-bond acceptors (Lipinski definition) is 3. The van der Waals surface area contributed by atoms with Crippen LogP contribution in [0.4, 0.5) is 5.69 Å². The van der Waals surface area contributed by atoms with Crippen LogP contribution in [0, 0.1) is 6.92 Å². The lowest BCUT2D eigenvalue weighted by Gasteiger charge is -2.11. The third kappa shape index (κ3) is 5.30. The van der Waals surface area contributed by atoms with Crippen LogP contribution in [0.1, 0.15) is 27.0 Å². The van der Waals surface area contributed by atoms with E-state index < -0.39 is 5.97 Å². The number of anilines is 1. The van der Waals surface area contributed by atoms with E-state index in [0.29, 0.717) is 17.7 Å². The van der Waals surface area contributed by atoms with Gasteiger partial charge in [-0.25, -0.2) is 4.79 Å². The smallest absolute Gasteiger partial charge is 0.338 e. The van der Waals surface area contributed by atoms with Gasteiger partial charge in [-0.3, -0.25) is 4.79 Å². The van der Waals surface area contributed by atoms with Crippen molar-refractivity contribution in [1.29, 1.82) is 0 Å². The highest BCUT2D eigenvalue weighted by molar-refractivity contribution is 9.10. The van der Waals surface area contributed by atoms with Crippen molar-refractivity contribution in [2.24, 2.45) is 0 Å². The highest BCUT2D eigenvalue weighted by Gasteiger charge is 2.14. The van der Waals surface area contributed by atoms with Gasteiger partial charge in [-0.05, 0) is 54.3 Å². The average Bonchev–Trinajstić information content (AvgIpc) is 2.70. The summed E-state index contributed by atoms with van der Waals surface area (Å²) in [6.45, 7) is 1.59. The van der Waals surface area contributed by atoms with E-state index in [0.717, 1.165) is 21.2 Å². The van der Waals surface area contributed by atoms with Gasteiger partial charge in [-0.15, -0.1) is 0 Å². The minimum atomic E-state index is -0.506. The molecule has 3 aromatic carbocycles. The van der Waals surface area contributed by atoms with Crippen molar-refractivity contribution in [2.75, 3.05) is 11.9 Å². The van der Waals surface area contributed by atoms with E-state index in [1.807, 2.05) is 61.5 Å². The molecule has 0 radical (unpaired) electrons. The second-order valence-electron chi connectivity index (χ2n) is 6.41. The summed E-state index contributed by atoms with van der Waals surface area (Å²) in [7, 11) is 0. The fourth-order valence-electron chi connectivity index (χ4n) is 2.82. The number of carbonyl (C=O) groups excluding carboxylic acids is 2. The normalized spacial score (nSPS) is 10.4. The molecule has 28 heavy (non-hydrogen) atoms. The number of hydrogen-bond donors (Lipinski definition) is 1. The molecular weight excluding hydrogens is 418 g/mol. The first-order chi connectivity index (χ1) is 13.5. The quantitative estimate of drug-likeness (QED) is 0.542. The Labute approximate surface area is 172 Å². The van der Waals surface area contributed by atoms with Crippen molar-refractivity contribution in [3.05, 3.63) is 99.5 Å². The number of ether oxygens (including phenoxy) is 1. The van der Waals surface area contributed by atoms with Crippen LogP contribution in [0.5, 0.6) is 0 Å². The third-order valence-electron chi connectivity index (χ3n) is 4.25. The molecule has 0 aliphatic heterocycles. The van der Waals surface area contributed by atoms with Gasteiger partial charge in [0, 0.05) is 10.2 Å². The first-order valence-electron chi connectivity index (χ1n) is 8.88. The number of rotatable bonds is 6. The number of amides is 1. The second kappa shape index (κ2) is 9.33. The fourth-order valence-corrected chi connectivity index (χ4v) is 3.06. The number of nitrogens with one attached hydrogen (secondary N) is 1. The molecule has 3 rings (SSSR count). The van der Waals surface area contributed by atoms with Gasteiger partial charge in [-0.2, -0.15) is 0 Å². The van der Waals surface area contributed by atoms with Gasteiger partial charge in [-0.1, -0.05) is 64.5 Å². The predicted molar refractivity (Wildman–Crippen MR) is 113 cm³/mol. The molecule has 4 nitrogen and oxygen atoms in total. The van der Waals surface area contributed by atoms with Crippen molar-refractivity contribution >= 4 is 33.5 Å². The molecule has 0 saturated heterocycles. The van der Waals surface area contributed by atoms with Gasteiger partial charge < -0.3 is 10.1 Å². The summed E-state index contributed by atoms with van der Waals surface area (Å²) < 4.78 is 6.20. The summed E-state index contributed by atoms with van der Waals surface area (Å²) >= 11 is 3.42. The second-order valence-corrected chi connectivity index (χ2v) is 7.26. The van der Waals surface area contributed by atoms with Gasteiger partial charge in [0.15, 0.2) is 6.61 Å². The molecule has 0 aromatic heterocycles. The molecule has 142 valence electrons. The topological polar surface area (TPSA) is 55.4 Å². The maximum absolute atomic E-state index is 12.5. The minimum absolute atomic E-state index is 0.340. The number of aryl methyl sites for hydroxylation is 1. The van der Waals surface area contributed by atoms with Crippen molar-refractivity contribution in [3.8, 4) is 0 Å². The summed E-state index contributed by atoms with van der Waals surface area (Å²) in [5, 5.41) is 2.73. The molecule has 0 atom stereocenters. The van der Waals surface area contributed by atoms with Crippen molar-refractivity contribution in [2.45, 2.75) is 13.3 Å². The molecule has 0 fully saturated rings. The zero-order chi connectivity index (χ0) is 19.9. The molecule has 0 unspecified atom stereocenters. The van der Waals surface area contributed by atoms with E-state index in [-0.39, 0.29) is 12.5 Å². The van der Waals surface area contributed by atoms with E-state index in [4.69, 9.17) is 4.74 Å². The standard InChI is InChI=1S/C23H20BrNO3/c1-16-13-19(11-12-21(16)24)25-22(26)15-28-23(27)20-10-6-5-9-18(20)14-17-7-3-2-4-8-17/h2-13H,14-15H2,1H3,(H,25,26). The first-order valence-corrected chi connectivity index (χ1v) is 9.67. The van der Waals surface area contributed by atoms with E-state index in [1.165, 1.54) is 0 Å². The number of benzene rings is 3. The summed E-state index contributed by atoms with van der Waals surface area (Å²) in [4.78, 5) is 24.6.